The van der Waals surface area contributed by atoms with E-state index in [4.69, 9.17) is 5.11 Å². The van der Waals surface area contributed by atoms with Gasteiger partial charge in [0.2, 0.25) is 10.0 Å². The van der Waals surface area contributed by atoms with E-state index in [2.05, 4.69) is 0 Å². The minimum atomic E-state index is -4.19. The van der Waals surface area contributed by atoms with E-state index in [9.17, 15) is 23.3 Å². The number of nitrogens with zero attached hydrogens (tertiary/aromatic N) is 1. The molecular weight excluding hydrogens is 300 g/mol. The lowest BCUT2D eigenvalue weighted by Gasteiger charge is -2.21. The van der Waals surface area contributed by atoms with E-state index in [1.54, 1.807) is 6.92 Å². The summed E-state index contributed by atoms with van der Waals surface area (Å²) in [6.07, 6.45) is 0. The van der Waals surface area contributed by atoms with Gasteiger partial charge < -0.3 is 5.11 Å². The predicted octanol–water partition coefficient (Wildman–Crippen LogP) is 1.35. The molecule has 0 radical (unpaired) electrons. The largest absolute Gasteiger partial charge is 0.480 e. The molecule has 0 saturated carbocycles. The first-order chi connectivity index (χ1) is 9.38. The highest BCUT2D eigenvalue weighted by molar-refractivity contribution is 7.89. The van der Waals surface area contributed by atoms with Gasteiger partial charge in [0.15, 0.2) is 0 Å². The van der Waals surface area contributed by atoms with E-state index in [-0.39, 0.29) is 10.6 Å². The lowest BCUT2D eigenvalue weighted by molar-refractivity contribution is -0.385. The lowest BCUT2D eigenvalue weighted by atomic mass is 10.1. The summed E-state index contributed by atoms with van der Waals surface area (Å²) >= 11 is 0. The summed E-state index contributed by atoms with van der Waals surface area (Å²) in [4.78, 5) is 20.9. The third-order valence-electron chi connectivity index (χ3n) is 3.04. The Morgan fingerprint density at radius 1 is 1.33 bits per heavy atom. The first-order valence-corrected chi connectivity index (χ1v) is 7.40. The molecule has 0 heterocycles. The Kier molecular flexibility index (Phi) is 4.40. The lowest BCUT2D eigenvalue weighted by Crippen LogP contribution is -2.49. The number of nitro benzene ring substituents is 1. The third kappa shape index (κ3) is 3.56. The number of benzene rings is 1. The van der Waals surface area contributed by atoms with Crippen molar-refractivity contribution in [2.24, 2.45) is 0 Å². The number of nitrogens with one attached hydrogen (secondary N) is 1. The Bertz CT molecular complexity index is 709. The molecule has 0 fully saturated rings. The van der Waals surface area contributed by atoms with E-state index in [1.807, 2.05) is 4.72 Å². The van der Waals surface area contributed by atoms with E-state index >= 15 is 0 Å². The number of sulfonamides is 1. The normalized spacial score (nSPS) is 12.2. The van der Waals surface area contributed by atoms with Crippen molar-refractivity contribution in [2.45, 2.75) is 38.1 Å². The molecule has 0 aromatic heterocycles. The highest BCUT2D eigenvalue weighted by Gasteiger charge is 2.34. The number of carboxylic acids is 1. The average molecular weight is 316 g/mol. The van der Waals surface area contributed by atoms with Crippen molar-refractivity contribution in [3.8, 4) is 0 Å². The monoisotopic (exact) mass is 316 g/mol. The fraction of sp³-hybridized carbons (Fsp3) is 0.417. The molecule has 21 heavy (non-hydrogen) atoms. The van der Waals surface area contributed by atoms with E-state index < -0.39 is 26.5 Å². The topological polar surface area (TPSA) is 127 Å². The van der Waals surface area contributed by atoms with Gasteiger partial charge in [0.1, 0.15) is 5.54 Å². The second-order valence-electron chi connectivity index (χ2n) is 5.18. The highest BCUT2D eigenvalue weighted by atomic mass is 32.2. The minimum absolute atomic E-state index is 0.330. The van der Waals surface area contributed by atoms with Crippen LogP contribution in [0, 0.1) is 24.0 Å². The molecule has 0 aliphatic carbocycles. The molecule has 0 unspecified atom stereocenters. The smallest absolute Gasteiger partial charge is 0.324 e. The van der Waals surface area contributed by atoms with Gasteiger partial charge in [0, 0.05) is 11.6 Å². The van der Waals surface area contributed by atoms with Crippen LogP contribution in [0.3, 0.4) is 0 Å². The second-order valence-corrected chi connectivity index (χ2v) is 6.86. The van der Waals surface area contributed by atoms with Crippen LogP contribution in [0.2, 0.25) is 0 Å². The van der Waals surface area contributed by atoms with Crippen molar-refractivity contribution >= 4 is 21.7 Å². The second kappa shape index (κ2) is 5.41. The summed E-state index contributed by atoms with van der Waals surface area (Å²) in [6.45, 7) is 5.42. The number of rotatable bonds is 5. The van der Waals surface area contributed by atoms with Crippen molar-refractivity contribution in [3.05, 3.63) is 33.4 Å². The minimum Gasteiger partial charge on any atom is -0.480 e. The molecule has 0 bridgehead atoms. The maximum atomic E-state index is 12.2. The summed E-state index contributed by atoms with van der Waals surface area (Å²) < 4.78 is 26.4. The van der Waals surface area contributed by atoms with Crippen molar-refractivity contribution in [1.82, 2.24) is 4.72 Å². The van der Waals surface area contributed by atoms with Crippen LogP contribution >= 0.6 is 0 Å². The van der Waals surface area contributed by atoms with Crippen LogP contribution in [0.15, 0.2) is 17.0 Å². The molecular formula is C12H16N2O6S. The molecule has 1 aromatic rings. The van der Waals surface area contributed by atoms with E-state index in [0.717, 1.165) is 6.07 Å². The summed E-state index contributed by atoms with van der Waals surface area (Å²) in [7, 11) is -4.19. The number of aryl methyl sites for hydroxylation is 1. The van der Waals surface area contributed by atoms with Crippen molar-refractivity contribution < 1.29 is 23.2 Å². The molecule has 116 valence electrons. The molecule has 0 saturated heterocycles. The van der Waals surface area contributed by atoms with Crippen molar-refractivity contribution in [1.29, 1.82) is 0 Å². The summed E-state index contributed by atoms with van der Waals surface area (Å²) in [5.74, 6) is -1.36. The summed E-state index contributed by atoms with van der Waals surface area (Å²) in [5.41, 5.74) is -1.27. The van der Waals surface area contributed by atoms with Crippen LogP contribution in [0.5, 0.6) is 0 Å². The predicted molar refractivity (Wildman–Crippen MR) is 74.6 cm³/mol. The standard InChI is InChI=1S/C12H16N2O6S/c1-7-5-9(6-10(8(7)2)14(17)18)21(19,20)13-12(3,4)11(15)16/h5-6,13H,1-4H3,(H,15,16). The highest BCUT2D eigenvalue weighted by Crippen LogP contribution is 2.26. The molecule has 2 N–H and O–H groups in total. The maximum Gasteiger partial charge on any atom is 0.324 e. The van der Waals surface area contributed by atoms with Crippen LogP contribution in [0.25, 0.3) is 0 Å². The molecule has 0 amide bonds. The number of hydrogen-bond acceptors (Lipinski definition) is 5. The first-order valence-electron chi connectivity index (χ1n) is 5.91. The molecule has 0 spiro atoms. The number of carbonyl (C=O) groups is 1. The molecule has 9 heteroatoms. The van der Waals surface area contributed by atoms with Gasteiger partial charge in [-0.3, -0.25) is 14.9 Å². The van der Waals surface area contributed by atoms with Crippen LogP contribution in [-0.2, 0) is 14.8 Å². The van der Waals surface area contributed by atoms with Gasteiger partial charge in [-0.1, -0.05) is 0 Å². The zero-order valence-corrected chi connectivity index (χ0v) is 12.8. The Labute approximate surface area is 122 Å². The molecule has 0 atom stereocenters. The van der Waals surface area contributed by atoms with Crippen molar-refractivity contribution in [3.63, 3.8) is 0 Å². The quantitative estimate of drug-likeness (QED) is 0.623. The molecule has 1 aromatic carbocycles. The SMILES string of the molecule is Cc1cc(S(=O)(=O)NC(C)(C)C(=O)O)cc([N+](=O)[O-])c1C. The summed E-state index contributed by atoms with van der Waals surface area (Å²) in [5, 5.41) is 19.9. The first kappa shape index (κ1) is 17.1. The zero-order valence-electron chi connectivity index (χ0n) is 12.0. The average Bonchev–Trinajstić information content (AvgIpc) is 2.30. The van der Waals surface area contributed by atoms with Crippen LogP contribution in [-0.4, -0.2) is 30.0 Å². The fourth-order valence-electron chi connectivity index (χ4n) is 1.59. The number of nitro groups is 1. The fourth-order valence-corrected chi connectivity index (χ4v) is 3.07. The molecule has 0 aliphatic heterocycles. The molecule has 0 aliphatic rings. The third-order valence-corrected chi connectivity index (χ3v) is 4.68. The van der Waals surface area contributed by atoms with Gasteiger partial charge in [-0.05, 0) is 39.3 Å². The van der Waals surface area contributed by atoms with Gasteiger partial charge >= 0.3 is 5.97 Å². The van der Waals surface area contributed by atoms with Gasteiger partial charge in [0.05, 0.1) is 9.82 Å². The van der Waals surface area contributed by atoms with Gasteiger partial charge in [-0.2, -0.15) is 4.72 Å². The Morgan fingerprint density at radius 2 is 1.86 bits per heavy atom. The van der Waals surface area contributed by atoms with E-state index in [0.29, 0.717) is 11.1 Å². The van der Waals surface area contributed by atoms with Gasteiger partial charge in [-0.15, -0.1) is 0 Å². The number of aliphatic carboxylic acids is 1. The van der Waals surface area contributed by atoms with Crippen LogP contribution in [0.4, 0.5) is 5.69 Å². The molecule has 1 rings (SSSR count). The van der Waals surface area contributed by atoms with Crippen LogP contribution in [0.1, 0.15) is 25.0 Å². The van der Waals surface area contributed by atoms with Crippen molar-refractivity contribution in [2.75, 3.05) is 0 Å². The summed E-state index contributed by atoms with van der Waals surface area (Å²) in [6, 6.07) is 2.19. The van der Waals surface area contributed by atoms with Gasteiger partial charge in [-0.25, -0.2) is 8.42 Å². The number of carboxylic acid groups (broad SMARTS) is 1. The Morgan fingerprint density at radius 3 is 2.29 bits per heavy atom. The Hall–Kier alpha value is -2.00. The van der Waals surface area contributed by atoms with Crippen LogP contribution < -0.4 is 4.72 Å². The maximum absolute atomic E-state index is 12.2. The van der Waals surface area contributed by atoms with Gasteiger partial charge in [0.25, 0.3) is 5.69 Å². The Balaban J connectivity index is 3.40. The van der Waals surface area contributed by atoms with E-state index in [1.165, 1.54) is 26.8 Å². The molecule has 8 nitrogen and oxygen atoms in total. The zero-order chi connectivity index (χ0) is 16.6. The number of hydrogen-bond donors (Lipinski definition) is 2.